The van der Waals surface area contributed by atoms with Crippen LogP contribution in [0.4, 0.5) is 0 Å². The molecule has 0 saturated heterocycles. The summed E-state index contributed by atoms with van der Waals surface area (Å²) in [7, 11) is 0. The lowest BCUT2D eigenvalue weighted by Gasteiger charge is -2.11. The van der Waals surface area contributed by atoms with E-state index in [0.717, 1.165) is 55.7 Å². The molecule has 8 aromatic carbocycles. The molecular weight excluding hydrogens is 737 g/mol. The summed E-state index contributed by atoms with van der Waals surface area (Å²) in [5.74, 6) is 1.88. The van der Waals surface area contributed by atoms with E-state index in [9.17, 15) is 0 Å². The van der Waals surface area contributed by atoms with Crippen LogP contribution in [0.5, 0.6) is 0 Å². The first kappa shape index (κ1) is 34.6. The van der Waals surface area contributed by atoms with Crippen molar-refractivity contribution in [2.45, 2.75) is 0 Å². The van der Waals surface area contributed by atoms with Gasteiger partial charge in [0.05, 0.1) is 11.2 Å². The van der Waals surface area contributed by atoms with E-state index in [1.165, 1.54) is 36.7 Å². The number of benzene rings is 8. The standard InChI is InChI=1S/C54H34N4S/c1-4-12-35(13-5-1)37-20-26-41(27-21-37)52-56-53(42-28-22-38(23-29-42)36-14-6-2-7-15-36)58-54(57-52)43-30-24-39(25-31-43)44-32-33-45-47(34-44)55-50(40-16-8-3-9-17-40)49-46-18-10-11-19-48(46)59-51(45)49/h1-34H. The van der Waals surface area contributed by atoms with Crippen LogP contribution in [-0.4, -0.2) is 19.9 Å². The number of fused-ring (bicyclic) bond motifs is 5. The molecule has 0 fully saturated rings. The van der Waals surface area contributed by atoms with E-state index in [4.69, 9.17) is 19.9 Å². The van der Waals surface area contributed by atoms with Crippen molar-refractivity contribution in [3.63, 3.8) is 0 Å². The van der Waals surface area contributed by atoms with Gasteiger partial charge in [-0.3, -0.25) is 0 Å². The fourth-order valence-corrected chi connectivity index (χ4v) is 9.14. The summed E-state index contributed by atoms with van der Waals surface area (Å²) in [5.41, 5.74) is 12.7. The van der Waals surface area contributed by atoms with Gasteiger partial charge in [0.15, 0.2) is 17.5 Å². The average Bonchev–Trinajstić information content (AvgIpc) is 3.72. The minimum absolute atomic E-state index is 0.621. The molecule has 0 bridgehead atoms. The molecule has 0 radical (unpaired) electrons. The van der Waals surface area contributed by atoms with Gasteiger partial charge in [0.1, 0.15) is 0 Å². The summed E-state index contributed by atoms with van der Waals surface area (Å²) in [6.45, 7) is 0. The number of hydrogen-bond acceptors (Lipinski definition) is 5. The Morgan fingerprint density at radius 2 is 0.678 bits per heavy atom. The van der Waals surface area contributed by atoms with Crippen LogP contribution in [0.15, 0.2) is 206 Å². The van der Waals surface area contributed by atoms with E-state index in [1.807, 2.05) is 23.5 Å². The van der Waals surface area contributed by atoms with Gasteiger partial charge in [-0.05, 0) is 45.5 Å². The molecule has 0 unspecified atom stereocenters. The maximum Gasteiger partial charge on any atom is 0.164 e. The SMILES string of the molecule is c1ccc(-c2ccc(-c3nc(-c4ccc(-c5ccccc5)cc4)nc(-c4ccc(-c5ccc6c(c5)nc(-c5ccccc5)c5c7ccccc7sc65)cc4)n3)cc2)cc1. The van der Waals surface area contributed by atoms with Crippen molar-refractivity contribution in [2.24, 2.45) is 0 Å². The van der Waals surface area contributed by atoms with Crippen molar-refractivity contribution in [1.29, 1.82) is 0 Å². The predicted octanol–water partition coefficient (Wildman–Crippen LogP) is 14.5. The van der Waals surface area contributed by atoms with Crippen molar-refractivity contribution in [1.82, 2.24) is 19.9 Å². The van der Waals surface area contributed by atoms with Gasteiger partial charge in [-0.25, -0.2) is 19.9 Å². The highest BCUT2D eigenvalue weighted by Gasteiger charge is 2.18. The van der Waals surface area contributed by atoms with Gasteiger partial charge in [-0.1, -0.05) is 194 Å². The van der Waals surface area contributed by atoms with Gasteiger partial charge in [-0.2, -0.15) is 0 Å². The number of aromatic nitrogens is 4. The first-order chi connectivity index (χ1) is 29.2. The van der Waals surface area contributed by atoms with E-state index < -0.39 is 0 Å². The highest BCUT2D eigenvalue weighted by atomic mass is 32.1. The molecule has 0 atom stereocenters. The van der Waals surface area contributed by atoms with E-state index in [2.05, 4.69) is 194 Å². The van der Waals surface area contributed by atoms with E-state index in [1.54, 1.807) is 0 Å². The quantitative estimate of drug-likeness (QED) is 0.162. The third-order valence-electron chi connectivity index (χ3n) is 11.0. The Morgan fingerprint density at radius 1 is 0.288 bits per heavy atom. The number of rotatable bonds is 7. The molecule has 0 aliphatic heterocycles. The normalized spacial score (nSPS) is 11.4. The van der Waals surface area contributed by atoms with Gasteiger partial charge in [0.25, 0.3) is 0 Å². The van der Waals surface area contributed by atoms with Gasteiger partial charge in [0, 0.05) is 47.8 Å². The average molecular weight is 771 g/mol. The lowest BCUT2D eigenvalue weighted by atomic mass is 9.99. The molecule has 59 heavy (non-hydrogen) atoms. The summed E-state index contributed by atoms with van der Waals surface area (Å²) >= 11 is 1.84. The second-order valence-electron chi connectivity index (χ2n) is 14.6. The largest absolute Gasteiger partial charge is 0.247 e. The summed E-state index contributed by atoms with van der Waals surface area (Å²) in [5, 5.41) is 3.63. The van der Waals surface area contributed by atoms with E-state index in [0.29, 0.717) is 17.5 Å². The smallest absolute Gasteiger partial charge is 0.164 e. The second-order valence-corrected chi connectivity index (χ2v) is 15.7. The van der Waals surface area contributed by atoms with Gasteiger partial charge in [0.2, 0.25) is 0 Å². The fraction of sp³-hybridized carbons (Fsp3) is 0. The third kappa shape index (κ3) is 6.54. The van der Waals surface area contributed by atoms with Crippen LogP contribution in [0.1, 0.15) is 0 Å². The third-order valence-corrected chi connectivity index (χ3v) is 12.2. The van der Waals surface area contributed by atoms with Gasteiger partial charge < -0.3 is 0 Å². The maximum atomic E-state index is 5.35. The van der Waals surface area contributed by atoms with Crippen molar-refractivity contribution in [3.8, 4) is 78.8 Å². The summed E-state index contributed by atoms with van der Waals surface area (Å²) in [6.07, 6.45) is 0. The molecule has 3 heterocycles. The molecule has 0 aliphatic rings. The zero-order chi connectivity index (χ0) is 39.1. The molecule has 0 N–H and O–H groups in total. The number of hydrogen-bond donors (Lipinski definition) is 0. The van der Waals surface area contributed by atoms with Crippen molar-refractivity contribution in [2.75, 3.05) is 0 Å². The lowest BCUT2D eigenvalue weighted by Crippen LogP contribution is -2.00. The zero-order valence-corrected chi connectivity index (χ0v) is 32.6. The Kier molecular flexibility index (Phi) is 8.64. The van der Waals surface area contributed by atoms with Crippen molar-refractivity contribution < 1.29 is 0 Å². The highest BCUT2D eigenvalue weighted by molar-refractivity contribution is 7.26. The van der Waals surface area contributed by atoms with Crippen LogP contribution in [0.3, 0.4) is 0 Å². The Labute approximate surface area is 345 Å². The van der Waals surface area contributed by atoms with Gasteiger partial charge >= 0.3 is 0 Å². The number of thiophene rings is 1. The number of nitrogens with zero attached hydrogens (tertiary/aromatic N) is 4. The van der Waals surface area contributed by atoms with Gasteiger partial charge in [-0.15, -0.1) is 11.3 Å². The molecule has 0 amide bonds. The lowest BCUT2D eigenvalue weighted by molar-refractivity contribution is 1.07. The molecule has 0 saturated carbocycles. The molecule has 0 aliphatic carbocycles. The Morgan fingerprint density at radius 3 is 1.19 bits per heavy atom. The Bertz CT molecular complexity index is 3170. The molecule has 4 nitrogen and oxygen atoms in total. The fourth-order valence-electron chi connectivity index (χ4n) is 7.91. The maximum absolute atomic E-state index is 5.35. The summed E-state index contributed by atoms with van der Waals surface area (Å²) < 4.78 is 2.54. The molecule has 5 heteroatoms. The predicted molar refractivity (Wildman–Crippen MR) is 246 cm³/mol. The summed E-state index contributed by atoms with van der Waals surface area (Å²) in [4.78, 5) is 20.5. The second kappa shape index (κ2) is 14.7. The first-order valence-electron chi connectivity index (χ1n) is 19.7. The van der Waals surface area contributed by atoms with E-state index >= 15 is 0 Å². The monoisotopic (exact) mass is 770 g/mol. The Balaban J connectivity index is 0.981. The van der Waals surface area contributed by atoms with Crippen LogP contribution >= 0.6 is 11.3 Å². The highest BCUT2D eigenvalue weighted by Crippen LogP contribution is 2.43. The van der Waals surface area contributed by atoms with Crippen LogP contribution in [0.25, 0.3) is 110 Å². The molecule has 11 rings (SSSR count). The van der Waals surface area contributed by atoms with Crippen LogP contribution in [0.2, 0.25) is 0 Å². The van der Waals surface area contributed by atoms with Crippen molar-refractivity contribution in [3.05, 3.63) is 206 Å². The molecule has 0 spiro atoms. The van der Waals surface area contributed by atoms with Crippen LogP contribution in [0, 0.1) is 0 Å². The van der Waals surface area contributed by atoms with Crippen molar-refractivity contribution >= 4 is 42.4 Å². The zero-order valence-electron chi connectivity index (χ0n) is 31.8. The molecule has 3 aromatic heterocycles. The minimum Gasteiger partial charge on any atom is -0.247 e. The van der Waals surface area contributed by atoms with Crippen LogP contribution < -0.4 is 0 Å². The van der Waals surface area contributed by atoms with Crippen LogP contribution in [-0.2, 0) is 0 Å². The Hall–Kier alpha value is -7.60. The summed E-state index contributed by atoms with van der Waals surface area (Å²) in [6, 6.07) is 72.1. The van der Waals surface area contributed by atoms with E-state index in [-0.39, 0.29) is 0 Å². The molecule has 11 aromatic rings. The number of pyridine rings is 1. The topological polar surface area (TPSA) is 51.6 Å². The molecule has 276 valence electrons. The first-order valence-corrected chi connectivity index (χ1v) is 20.5. The minimum atomic E-state index is 0.621. The molecular formula is C54H34N4S.